The third-order valence-corrected chi connectivity index (χ3v) is 3.20. The Kier molecular flexibility index (Phi) is 6.13. The van der Waals surface area contributed by atoms with E-state index in [9.17, 15) is 4.79 Å². The third-order valence-electron chi connectivity index (χ3n) is 2.57. The minimum atomic E-state index is -1.47. The number of benzene rings is 1. The number of halogens is 2. The molecule has 1 amide bonds. The molecule has 0 atom stereocenters. The average molecular weight is 298 g/mol. The van der Waals surface area contributed by atoms with Crippen molar-refractivity contribution in [1.82, 2.24) is 4.90 Å². The lowest BCUT2D eigenvalue weighted by atomic mass is 10.2. The van der Waals surface area contributed by atoms with E-state index in [0.717, 1.165) is 5.56 Å². The molecule has 0 heterocycles. The Hall–Kier alpha value is -1.25. The standard InChI is InChI=1S/C15H17Cl2NO/c1-3-10-15(16,17)14(19)18(11-4-2)12-13-8-6-5-7-9-13/h3-9H,1-2,10-12H2. The van der Waals surface area contributed by atoms with Crippen molar-refractivity contribution in [3.63, 3.8) is 0 Å². The van der Waals surface area contributed by atoms with Gasteiger partial charge < -0.3 is 4.90 Å². The third kappa shape index (κ3) is 4.73. The lowest BCUT2D eigenvalue weighted by Crippen LogP contribution is -2.41. The van der Waals surface area contributed by atoms with Crippen molar-refractivity contribution in [1.29, 1.82) is 0 Å². The molecule has 0 aliphatic rings. The predicted molar refractivity (Wildman–Crippen MR) is 81.3 cm³/mol. The number of hydrogen-bond acceptors (Lipinski definition) is 1. The summed E-state index contributed by atoms with van der Waals surface area (Å²) < 4.78 is -1.47. The second-order valence-corrected chi connectivity index (χ2v) is 5.64. The monoisotopic (exact) mass is 297 g/mol. The van der Waals surface area contributed by atoms with E-state index < -0.39 is 4.33 Å². The highest BCUT2D eigenvalue weighted by Crippen LogP contribution is 2.29. The van der Waals surface area contributed by atoms with Gasteiger partial charge in [0.2, 0.25) is 0 Å². The molecule has 1 rings (SSSR count). The summed E-state index contributed by atoms with van der Waals surface area (Å²) in [5.74, 6) is -0.334. The molecule has 0 aliphatic carbocycles. The van der Waals surface area contributed by atoms with Gasteiger partial charge in [0.05, 0.1) is 0 Å². The second-order valence-electron chi connectivity index (χ2n) is 4.16. The van der Waals surface area contributed by atoms with Crippen LogP contribution < -0.4 is 0 Å². The van der Waals surface area contributed by atoms with Gasteiger partial charge >= 0.3 is 0 Å². The molecule has 0 saturated carbocycles. The molecule has 0 spiro atoms. The first-order valence-corrected chi connectivity index (χ1v) is 6.69. The number of carbonyl (C=O) groups excluding carboxylic acids is 1. The number of hydrogen-bond donors (Lipinski definition) is 0. The average Bonchev–Trinajstić information content (AvgIpc) is 2.38. The van der Waals surface area contributed by atoms with Crippen molar-refractivity contribution in [2.24, 2.45) is 0 Å². The van der Waals surface area contributed by atoms with Crippen molar-refractivity contribution < 1.29 is 4.79 Å². The van der Waals surface area contributed by atoms with Crippen LogP contribution in [0.15, 0.2) is 55.6 Å². The maximum atomic E-state index is 12.3. The van der Waals surface area contributed by atoms with Gasteiger partial charge in [-0.05, 0) is 5.56 Å². The van der Waals surface area contributed by atoms with Gasteiger partial charge in [-0.2, -0.15) is 0 Å². The zero-order valence-corrected chi connectivity index (χ0v) is 12.2. The maximum Gasteiger partial charge on any atom is 0.259 e. The van der Waals surface area contributed by atoms with Crippen molar-refractivity contribution in [2.75, 3.05) is 6.54 Å². The summed E-state index contributed by atoms with van der Waals surface area (Å²) in [7, 11) is 0. The topological polar surface area (TPSA) is 20.3 Å². The van der Waals surface area contributed by atoms with E-state index in [1.807, 2.05) is 30.3 Å². The van der Waals surface area contributed by atoms with Gasteiger partial charge in [-0.3, -0.25) is 4.79 Å². The second kappa shape index (κ2) is 7.37. The van der Waals surface area contributed by atoms with Gasteiger partial charge in [0.15, 0.2) is 4.33 Å². The van der Waals surface area contributed by atoms with Gasteiger partial charge in [-0.1, -0.05) is 65.7 Å². The fourth-order valence-corrected chi connectivity index (χ4v) is 2.14. The number of rotatable bonds is 7. The van der Waals surface area contributed by atoms with E-state index in [1.54, 1.807) is 11.0 Å². The molecule has 1 aromatic carbocycles. The summed E-state index contributed by atoms with van der Waals surface area (Å²) in [6, 6.07) is 9.66. The fourth-order valence-electron chi connectivity index (χ4n) is 1.68. The lowest BCUT2D eigenvalue weighted by molar-refractivity contribution is -0.131. The van der Waals surface area contributed by atoms with Gasteiger partial charge in [0.1, 0.15) is 0 Å². The molecule has 0 saturated heterocycles. The molecule has 19 heavy (non-hydrogen) atoms. The summed E-state index contributed by atoms with van der Waals surface area (Å²) in [6.07, 6.45) is 3.39. The Morgan fingerprint density at radius 2 is 1.84 bits per heavy atom. The van der Waals surface area contributed by atoms with Crippen LogP contribution in [0.3, 0.4) is 0 Å². The molecule has 0 radical (unpaired) electrons. The molecule has 0 N–H and O–H groups in total. The van der Waals surface area contributed by atoms with Crippen molar-refractivity contribution in [2.45, 2.75) is 17.3 Å². The Morgan fingerprint density at radius 3 is 2.37 bits per heavy atom. The fraction of sp³-hybridized carbons (Fsp3) is 0.267. The van der Waals surface area contributed by atoms with Crippen LogP contribution in [-0.4, -0.2) is 21.7 Å². The minimum Gasteiger partial charge on any atom is -0.332 e. The van der Waals surface area contributed by atoms with Gasteiger partial charge in [0.25, 0.3) is 5.91 Å². The molecule has 0 fully saturated rings. The summed E-state index contributed by atoms with van der Waals surface area (Å²) in [5, 5.41) is 0. The first-order chi connectivity index (χ1) is 9.01. The Bertz CT molecular complexity index is 443. The number of nitrogens with zero attached hydrogens (tertiary/aromatic N) is 1. The molecular weight excluding hydrogens is 281 g/mol. The Morgan fingerprint density at radius 1 is 1.21 bits per heavy atom. The number of alkyl halides is 2. The normalized spacial score (nSPS) is 10.8. The smallest absolute Gasteiger partial charge is 0.259 e. The molecule has 4 heteroatoms. The first-order valence-electron chi connectivity index (χ1n) is 5.94. The summed E-state index contributed by atoms with van der Waals surface area (Å²) >= 11 is 12.1. The van der Waals surface area contributed by atoms with E-state index in [2.05, 4.69) is 13.2 Å². The molecule has 0 unspecified atom stereocenters. The van der Waals surface area contributed by atoms with E-state index >= 15 is 0 Å². The van der Waals surface area contributed by atoms with Gasteiger partial charge in [-0.15, -0.1) is 13.2 Å². The van der Waals surface area contributed by atoms with Gasteiger partial charge in [0, 0.05) is 19.5 Å². The van der Waals surface area contributed by atoms with E-state index in [4.69, 9.17) is 23.2 Å². The molecule has 2 nitrogen and oxygen atoms in total. The highest BCUT2D eigenvalue weighted by atomic mass is 35.5. The minimum absolute atomic E-state index is 0.206. The zero-order valence-electron chi connectivity index (χ0n) is 10.7. The molecule has 0 aliphatic heterocycles. The van der Waals surface area contributed by atoms with Gasteiger partial charge in [-0.25, -0.2) is 0 Å². The Labute approximate surface area is 124 Å². The molecular formula is C15H17Cl2NO. The number of carbonyl (C=O) groups is 1. The summed E-state index contributed by atoms with van der Waals surface area (Å²) in [6.45, 7) is 8.05. The van der Waals surface area contributed by atoms with Crippen LogP contribution in [-0.2, 0) is 11.3 Å². The lowest BCUT2D eigenvalue weighted by Gasteiger charge is -2.27. The number of allylic oxidation sites excluding steroid dienone is 1. The van der Waals surface area contributed by atoms with Crippen LogP contribution in [0.5, 0.6) is 0 Å². The van der Waals surface area contributed by atoms with Crippen LogP contribution in [0.25, 0.3) is 0 Å². The van der Waals surface area contributed by atoms with Crippen molar-refractivity contribution >= 4 is 29.1 Å². The van der Waals surface area contributed by atoms with E-state index in [1.165, 1.54) is 6.08 Å². The molecule has 0 bridgehead atoms. The van der Waals surface area contributed by atoms with Crippen LogP contribution >= 0.6 is 23.2 Å². The molecule has 0 aromatic heterocycles. The summed E-state index contributed by atoms with van der Waals surface area (Å²) in [4.78, 5) is 13.9. The van der Waals surface area contributed by atoms with Crippen LogP contribution in [0.2, 0.25) is 0 Å². The van der Waals surface area contributed by atoms with Crippen LogP contribution in [0.4, 0.5) is 0 Å². The van der Waals surface area contributed by atoms with Crippen molar-refractivity contribution in [3.8, 4) is 0 Å². The largest absolute Gasteiger partial charge is 0.332 e. The molecule has 1 aromatic rings. The van der Waals surface area contributed by atoms with E-state index in [0.29, 0.717) is 13.1 Å². The summed E-state index contributed by atoms with van der Waals surface area (Å²) in [5.41, 5.74) is 1.01. The number of amides is 1. The highest BCUT2D eigenvalue weighted by molar-refractivity contribution is 6.58. The highest BCUT2D eigenvalue weighted by Gasteiger charge is 2.35. The maximum absolute atomic E-state index is 12.3. The van der Waals surface area contributed by atoms with E-state index in [-0.39, 0.29) is 12.3 Å². The Balaban J connectivity index is 2.85. The van der Waals surface area contributed by atoms with Crippen molar-refractivity contribution in [3.05, 3.63) is 61.2 Å². The predicted octanol–water partition coefficient (Wildman–Crippen LogP) is 3.95. The van der Waals surface area contributed by atoms with Crippen LogP contribution in [0.1, 0.15) is 12.0 Å². The molecule has 102 valence electrons. The van der Waals surface area contributed by atoms with Crippen LogP contribution in [0, 0.1) is 0 Å². The zero-order chi connectivity index (χ0) is 14.3. The first kappa shape index (κ1) is 15.8. The quantitative estimate of drug-likeness (QED) is 0.551. The SMILES string of the molecule is C=CCN(Cc1ccccc1)C(=O)C(Cl)(Cl)CC=C.